The first kappa shape index (κ1) is 13.6. The molecule has 19 heavy (non-hydrogen) atoms. The third-order valence-electron chi connectivity index (χ3n) is 3.02. The number of ether oxygens (including phenoxy) is 2. The van der Waals surface area contributed by atoms with E-state index >= 15 is 0 Å². The number of amides is 1. The molecule has 0 fully saturated rings. The van der Waals surface area contributed by atoms with Crippen LogP contribution in [0.1, 0.15) is 12.5 Å². The van der Waals surface area contributed by atoms with Crippen LogP contribution in [0.5, 0.6) is 11.5 Å². The molecule has 0 aromatic heterocycles. The lowest BCUT2D eigenvalue weighted by molar-refractivity contribution is -0.125. The maximum absolute atomic E-state index is 12.1. The second-order valence-corrected chi connectivity index (χ2v) is 4.28. The Labute approximate surface area is 111 Å². The summed E-state index contributed by atoms with van der Waals surface area (Å²) in [7, 11) is 1.50. The van der Waals surface area contributed by atoms with E-state index in [9.17, 15) is 9.90 Å². The lowest BCUT2D eigenvalue weighted by Gasteiger charge is -2.33. The van der Waals surface area contributed by atoms with Crippen LogP contribution in [-0.4, -0.2) is 42.5 Å². The number of hydrogen-bond donors (Lipinski definition) is 2. The number of nitrogens with zero attached hydrogens (tertiary/aromatic N) is 1. The molecule has 0 aliphatic carbocycles. The number of fused-ring (bicyclic) bond motifs is 1. The van der Waals surface area contributed by atoms with Gasteiger partial charge in [0.25, 0.3) is 5.91 Å². The molecule has 1 aromatic rings. The fourth-order valence-corrected chi connectivity index (χ4v) is 2.10. The zero-order valence-electron chi connectivity index (χ0n) is 10.9. The van der Waals surface area contributed by atoms with Gasteiger partial charge in [-0.1, -0.05) is 0 Å². The van der Waals surface area contributed by atoms with Crippen molar-refractivity contribution < 1.29 is 24.5 Å². The lowest BCUT2D eigenvalue weighted by Crippen LogP contribution is -2.45. The number of aliphatic hydroxyl groups is 2. The van der Waals surface area contributed by atoms with Gasteiger partial charge in [0.1, 0.15) is 0 Å². The van der Waals surface area contributed by atoms with Crippen LogP contribution in [-0.2, 0) is 11.4 Å². The number of aliphatic hydroxyl groups excluding tert-OH is 2. The van der Waals surface area contributed by atoms with Gasteiger partial charge in [0.05, 0.1) is 26.0 Å². The summed E-state index contributed by atoms with van der Waals surface area (Å²) in [5.41, 5.74) is 1.13. The Bertz CT molecular complexity index is 488. The summed E-state index contributed by atoms with van der Waals surface area (Å²) < 4.78 is 10.8. The fourth-order valence-electron chi connectivity index (χ4n) is 2.10. The first-order valence-corrected chi connectivity index (χ1v) is 6.03. The minimum atomic E-state index is -0.632. The van der Waals surface area contributed by atoms with E-state index in [4.69, 9.17) is 14.6 Å². The van der Waals surface area contributed by atoms with E-state index in [-0.39, 0.29) is 25.7 Å². The van der Waals surface area contributed by atoms with E-state index < -0.39 is 6.10 Å². The predicted octanol–water partition coefficient (Wildman–Crippen LogP) is 0.294. The highest BCUT2D eigenvalue weighted by Crippen LogP contribution is 2.42. The standard InChI is InChI=1S/C13H17NO5/c1-8-13(17)14(3-4-15)10-5-9(7-16)6-11(18-2)12(10)19-8/h5-6,8,15-16H,3-4,7H2,1-2H3. The molecule has 1 aliphatic heterocycles. The van der Waals surface area contributed by atoms with E-state index in [1.807, 2.05) is 0 Å². The van der Waals surface area contributed by atoms with Crippen LogP contribution in [0, 0.1) is 0 Å². The van der Waals surface area contributed by atoms with Crippen molar-refractivity contribution in [2.75, 3.05) is 25.2 Å². The zero-order chi connectivity index (χ0) is 14.0. The molecule has 1 aliphatic rings. The minimum absolute atomic E-state index is 0.149. The summed E-state index contributed by atoms with van der Waals surface area (Å²) in [5, 5.41) is 18.3. The number of anilines is 1. The molecular formula is C13H17NO5. The summed E-state index contributed by atoms with van der Waals surface area (Å²) >= 11 is 0. The first-order valence-electron chi connectivity index (χ1n) is 6.03. The quantitative estimate of drug-likeness (QED) is 0.820. The monoisotopic (exact) mass is 267 g/mol. The van der Waals surface area contributed by atoms with Crippen LogP contribution in [0.3, 0.4) is 0 Å². The Balaban J connectivity index is 2.56. The van der Waals surface area contributed by atoms with E-state index in [1.165, 1.54) is 12.0 Å². The van der Waals surface area contributed by atoms with Gasteiger partial charge in [-0.25, -0.2) is 0 Å². The van der Waals surface area contributed by atoms with Gasteiger partial charge in [0.2, 0.25) is 0 Å². The average Bonchev–Trinajstić information content (AvgIpc) is 2.43. The Morgan fingerprint density at radius 2 is 2.16 bits per heavy atom. The van der Waals surface area contributed by atoms with Crippen LogP contribution in [0.4, 0.5) is 5.69 Å². The molecule has 0 radical (unpaired) electrons. The van der Waals surface area contributed by atoms with E-state index in [0.29, 0.717) is 22.7 Å². The molecule has 0 saturated carbocycles. The minimum Gasteiger partial charge on any atom is -0.493 e. The van der Waals surface area contributed by atoms with Gasteiger partial charge in [-0.15, -0.1) is 0 Å². The van der Waals surface area contributed by atoms with Crippen molar-refractivity contribution in [2.45, 2.75) is 19.6 Å². The molecule has 2 N–H and O–H groups in total. The number of β-amino-alcohol motifs (C(OH)–C–C–N with tert-alkyl or cyclic N) is 1. The number of carbonyl (C=O) groups excluding carboxylic acids is 1. The Morgan fingerprint density at radius 3 is 2.74 bits per heavy atom. The predicted molar refractivity (Wildman–Crippen MR) is 68.4 cm³/mol. The van der Waals surface area contributed by atoms with Gasteiger partial charge < -0.3 is 24.6 Å². The second-order valence-electron chi connectivity index (χ2n) is 4.28. The van der Waals surface area contributed by atoms with E-state index in [2.05, 4.69) is 0 Å². The van der Waals surface area contributed by atoms with Crippen molar-refractivity contribution in [1.29, 1.82) is 0 Å². The Hall–Kier alpha value is -1.79. The SMILES string of the molecule is COc1cc(CO)cc2c1OC(C)C(=O)N2CCO. The summed E-state index contributed by atoms with van der Waals surface area (Å²) in [6.07, 6.45) is -0.632. The maximum Gasteiger partial charge on any atom is 0.267 e. The normalized spacial score (nSPS) is 18.0. The second kappa shape index (κ2) is 5.46. The molecule has 6 heteroatoms. The maximum atomic E-state index is 12.1. The van der Waals surface area contributed by atoms with Gasteiger partial charge in [-0.3, -0.25) is 4.79 Å². The van der Waals surface area contributed by atoms with Crippen molar-refractivity contribution in [3.63, 3.8) is 0 Å². The van der Waals surface area contributed by atoms with Crippen LogP contribution in [0.15, 0.2) is 12.1 Å². The van der Waals surface area contributed by atoms with E-state index in [1.54, 1.807) is 19.1 Å². The molecule has 6 nitrogen and oxygen atoms in total. The van der Waals surface area contributed by atoms with E-state index in [0.717, 1.165) is 0 Å². The Kier molecular flexibility index (Phi) is 3.92. The van der Waals surface area contributed by atoms with Crippen LogP contribution >= 0.6 is 0 Å². The molecule has 0 saturated heterocycles. The molecule has 1 aromatic carbocycles. The third-order valence-corrected chi connectivity index (χ3v) is 3.02. The molecule has 1 unspecified atom stereocenters. The molecule has 0 bridgehead atoms. The first-order chi connectivity index (χ1) is 9.12. The molecule has 2 rings (SSSR count). The summed E-state index contributed by atoms with van der Waals surface area (Å²) in [4.78, 5) is 13.5. The summed E-state index contributed by atoms with van der Waals surface area (Å²) in [6.45, 7) is 1.51. The Morgan fingerprint density at radius 1 is 1.42 bits per heavy atom. The van der Waals surface area contributed by atoms with Gasteiger partial charge in [0, 0.05) is 6.54 Å². The topological polar surface area (TPSA) is 79.2 Å². The highest BCUT2D eigenvalue weighted by molar-refractivity contribution is 6.00. The highest BCUT2D eigenvalue weighted by atomic mass is 16.5. The van der Waals surface area contributed by atoms with Crippen molar-refractivity contribution in [3.8, 4) is 11.5 Å². The number of benzene rings is 1. The van der Waals surface area contributed by atoms with Crippen LogP contribution in [0.25, 0.3) is 0 Å². The smallest absolute Gasteiger partial charge is 0.267 e. The fraction of sp³-hybridized carbons (Fsp3) is 0.462. The van der Waals surface area contributed by atoms with Gasteiger partial charge in [-0.05, 0) is 24.6 Å². The number of carbonyl (C=O) groups is 1. The number of rotatable bonds is 4. The van der Waals surface area contributed by atoms with Crippen molar-refractivity contribution in [2.24, 2.45) is 0 Å². The number of hydrogen-bond acceptors (Lipinski definition) is 5. The zero-order valence-corrected chi connectivity index (χ0v) is 10.9. The van der Waals surface area contributed by atoms with Crippen molar-refractivity contribution in [1.82, 2.24) is 0 Å². The average molecular weight is 267 g/mol. The van der Waals surface area contributed by atoms with Crippen molar-refractivity contribution >= 4 is 11.6 Å². The molecular weight excluding hydrogens is 250 g/mol. The van der Waals surface area contributed by atoms with Crippen LogP contribution < -0.4 is 14.4 Å². The molecule has 104 valence electrons. The van der Waals surface area contributed by atoms with Gasteiger partial charge >= 0.3 is 0 Å². The summed E-state index contributed by atoms with van der Waals surface area (Å²) in [6, 6.07) is 3.33. The highest BCUT2D eigenvalue weighted by Gasteiger charge is 2.33. The molecule has 0 spiro atoms. The largest absolute Gasteiger partial charge is 0.493 e. The van der Waals surface area contributed by atoms with Gasteiger partial charge in [-0.2, -0.15) is 0 Å². The molecule has 1 amide bonds. The van der Waals surface area contributed by atoms with Gasteiger partial charge in [0.15, 0.2) is 17.6 Å². The number of methoxy groups -OCH3 is 1. The summed E-state index contributed by atoms with van der Waals surface area (Å²) in [5.74, 6) is 0.697. The van der Waals surface area contributed by atoms with Crippen molar-refractivity contribution in [3.05, 3.63) is 17.7 Å². The molecule has 1 atom stereocenters. The third kappa shape index (κ3) is 2.36. The lowest BCUT2D eigenvalue weighted by atomic mass is 10.1. The van der Waals surface area contributed by atoms with Crippen LogP contribution in [0.2, 0.25) is 0 Å². The molecule has 1 heterocycles.